The molecule has 0 aliphatic heterocycles. The minimum absolute atomic E-state index is 0.171. The van der Waals surface area contributed by atoms with Crippen molar-refractivity contribution in [3.8, 4) is 16.9 Å². The predicted octanol–water partition coefficient (Wildman–Crippen LogP) is 5.65. The minimum atomic E-state index is -0.352. The van der Waals surface area contributed by atoms with Crippen molar-refractivity contribution in [3.05, 3.63) is 70.5 Å². The molecule has 34 heavy (non-hydrogen) atoms. The molecule has 1 aromatic carbocycles. The Balaban J connectivity index is 1.96. The van der Waals surface area contributed by atoms with Gasteiger partial charge >= 0.3 is 5.97 Å². The molecule has 0 spiro atoms. The van der Waals surface area contributed by atoms with Gasteiger partial charge in [-0.05, 0) is 50.9 Å². The number of ether oxygens (including phenoxy) is 1. The molecule has 1 aliphatic rings. The summed E-state index contributed by atoms with van der Waals surface area (Å²) in [5.74, 6) is 0.461. The summed E-state index contributed by atoms with van der Waals surface area (Å²) in [6.07, 6.45) is 11.9. The molecule has 0 saturated carbocycles. The van der Waals surface area contributed by atoms with Gasteiger partial charge in [0.2, 0.25) is 0 Å². The van der Waals surface area contributed by atoms with E-state index >= 15 is 0 Å². The first-order valence-corrected chi connectivity index (χ1v) is 12.5. The third kappa shape index (κ3) is 4.76. The van der Waals surface area contributed by atoms with Gasteiger partial charge in [0.05, 0.1) is 17.7 Å². The van der Waals surface area contributed by atoms with Crippen molar-refractivity contribution < 1.29 is 14.6 Å². The third-order valence-corrected chi connectivity index (χ3v) is 7.11. The van der Waals surface area contributed by atoms with Crippen molar-refractivity contribution in [3.63, 3.8) is 0 Å². The Kier molecular flexibility index (Phi) is 7.44. The molecule has 0 radical (unpaired) electrons. The summed E-state index contributed by atoms with van der Waals surface area (Å²) in [6, 6.07) is 5.75. The Labute approximate surface area is 204 Å². The Morgan fingerprint density at radius 1 is 1.35 bits per heavy atom. The summed E-state index contributed by atoms with van der Waals surface area (Å²) in [4.78, 5) is 20.8. The summed E-state index contributed by atoms with van der Waals surface area (Å²) >= 11 is 1.75. The van der Waals surface area contributed by atoms with Gasteiger partial charge in [-0.3, -0.25) is 4.98 Å². The summed E-state index contributed by atoms with van der Waals surface area (Å²) in [5.41, 5.74) is 4.59. The summed E-state index contributed by atoms with van der Waals surface area (Å²) in [7, 11) is 5.89. The molecular weight excluding hydrogens is 446 g/mol. The predicted molar refractivity (Wildman–Crippen MR) is 139 cm³/mol. The number of rotatable bonds is 8. The molecule has 1 N–H and O–H groups in total. The number of benzene rings is 1. The van der Waals surface area contributed by atoms with Crippen LogP contribution in [-0.2, 0) is 24.1 Å². The van der Waals surface area contributed by atoms with E-state index in [2.05, 4.69) is 27.8 Å². The normalized spacial score (nSPS) is 13.5. The SMILES string of the molecule is CCOC(=O)c1c(CSC2=CC=CCC2)n(C)c2cc(-c3cccnc3)c(O)c(CN(C)C)c12. The lowest BCUT2D eigenvalue weighted by Gasteiger charge is -2.17. The average Bonchev–Trinajstić information content (AvgIpc) is 3.12. The zero-order valence-corrected chi connectivity index (χ0v) is 21.0. The molecule has 3 aromatic rings. The van der Waals surface area contributed by atoms with Gasteiger partial charge < -0.3 is 19.3 Å². The number of carbonyl (C=O) groups is 1. The Morgan fingerprint density at radius 3 is 2.82 bits per heavy atom. The molecule has 0 atom stereocenters. The summed E-state index contributed by atoms with van der Waals surface area (Å²) in [6.45, 7) is 2.59. The van der Waals surface area contributed by atoms with Crippen molar-refractivity contribution in [2.75, 3.05) is 20.7 Å². The van der Waals surface area contributed by atoms with Crippen LogP contribution in [0.2, 0.25) is 0 Å². The van der Waals surface area contributed by atoms with Crippen LogP contribution in [0.25, 0.3) is 22.0 Å². The van der Waals surface area contributed by atoms with Gasteiger partial charge in [0.1, 0.15) is 5.75 Å². The first kappa shape index (κ1) is 24.1. The Bertz CT molecular complexity index is 1260. The van der Waals surface area contributed by atoms with Crippen molar-refractivity contribution in [2.45, 2.75) is 32.1 Å². The van der Waals surface area contributed by atoms with E-state index in [9.17, 15) is 9.90 Å². The molecule has 0 fully saturated rings. The van der Waals surface area contributed by atoms with Crippen molar-refractivity contribution >= 4 is 28.6 Å². The number of allylic oxidation sites excluding steroid dienone is 4. The second-order valence-corrected chi connectivity index (χ2v) is 9.72. The lowest BCUT2D eigenvalue weighted by atomic mass is 9.96. The number of aryl methyl sites for hydroxylation is 1. The van der Waals surface area contributed by atoms with Crippen LogP contribution in [-0.4, -0.2) is 46.2 Å². The largest absolute Gasteiger partial charge is 0.507 e. The second-order valence-electron chi connectivity index (χ2n) is 8.61. The minimum Gasteiger partial charge on any atom is -0.507 e. The fraction of sp³-hybridized carbons (Fsp3) is 0.333. The van der Waals surface area contributed by atoms with Crippen LogP contribution < -0.4 is 0 Å². The van der Waals surface area contributed by atoms with Crippen LogP contribution in [0.3, 0.4) is 0 Å². The highest BCUT2D eigenvalue weighted by molar-refractivity contribution is 8.02. The van der Waals surface area contributed by atoms with Crippen LogP contribution >= 0.6 is 11.8 Å². The highest BCUT2D eigenvalue weighted by Crippen LogP contribution is 2.42. The molecule has 1 aliphatic carbocycles. The number of thioether (sulfide) groups is 1. The average molecular weight is 478 g/mol. The molecule has 178 valence electrons. The molecule has 2 aromatic heterocycles. The van der Waals surface area contributed by atoms with Crippen LogP contribution in [0.1, 0.15) is 41.4 Å². The molecule has 0 unspecified atom stereocenters. The lowest BCUT2D eigenvalue weighted by molar-refractivity contribution is 0.0527. The smallest absolute Gasteiger partial charge is 0.340 e. The number of phenols is 1. The summed E-state index contributed by atoms with van der Waals surface area (Å²) in [5, 5.41) is 12.2. The number of nitrogens with zero attached hydrogens (tertiary/aromatic N) is 3. The number of esters is 1. The third-order valence-electron chi connectivity index (χ3n) is 5.98. The van der Waals surface area contributed by atoms with E-state index in [0.29, 0.717) is 30.0 Å². The van der Waals surface area contributed by atoms with Crippen LogP contribution in [0.15, 0.2) is 53.7 Å². The van der Waals surface area contributed by atoms with Crippen molar-refractivity contribution in [1.82, 2.24) is 14.5 Å². The molecule has 0 bridgehead atoms. The van der Waals surface area contributed by atoms with E-state index in [1.54, 1.807) is 24.2 Å². The molecule has 2 heterocycles. The number of pyridine rings is 1. The first-order valence-electron chi connectivity index (χ1n) is 11.5. The highest BCUT2D eigenvalue weighted by atomic mass is 32.2. The van der Waals surface area contributed by atoms with E-state index < -0.39 is 0 Å². The number of fused-ring (bicyclic) bond motifs is 1. The van der Waals surface area contributed by atoms with E-state index in [1.165, 1.54) is 4.91 Å². The van der Waals surface area contributed by atoms with Gasteiger partial charge in [-0.15, -0.1) is 11.8 Å². The Hall–Kier alpha value is -3.03. The van der Waals surface area contributed by atoms with E-state index in [-0.39, 0.29) is 11.7 Å². The zero-order chi connectivity index (χ0) is 24.2. The van der Waals surface area contributed by atoms with Gasteiger partial charge in [0.15, 0.2) is 0 Å². The molecule has 0 amide bonds. The van der Waals surface area contributed by atoms with Crippen molar-refractivity contribution in [1.29, 1.82) is 0 Å². The number of aromatic nitrogens is 2. The fourth-order valence-electron chi connectivity index (χ4n) is 4.38. The molecule has 7 heteroatoms. The number of aromatic hydroxyl groups is 1. The lowest BCUT2D eigenvalue weighted by Crippen LogP contribution is -2.13. The Morgan fingerprint density at radius 2 is 2.18 bits per heavy atom. The maximum Gasteiger partial charge on any atom is 0.340 e. The summed E-state index contributed by atoms with van der Waals surface area (Å²) < 4.78 is 7.58. The van der Waals surface area contributed by atoms with Crippen LogP contribution in [0.5, 0.6) is 5.75 Å². The van der Waals surface area contributed by atoms with Gasteiger partial charge in [-0.25, -0.2) is 4.79 Å². The standard InChI is InChI=1S/C27H31N3O3S/c1-5-33-27(32)25-23(17-34-19-11-7-6-8-12-19)30(4)22-14-20(18-10-9-13-28-15-18)26(31)21(24(22)25)16-29(2)3/h6-7,9-11,13-15,31H,5,8,12,16-17H2,1-4H3. The van der Waals surface area contributed by atoms with Crippen LogP contribution in [0.4, 0.5) is 0 Å². The van der Waals surface area contributed by atoms with Gasteiger partial charge in [0.25, 0.3) is 0 Å². The van der Waals surface area contributed by atoms with Crippen LogP contribution in [0, 0.1) is 0 Å². The molecule has 6 nitrogen and oxygen atoms in total. The molecule has 0 saturated heterocycles. The van der Waals surface area contributed by atoms with E-state index in [0.717, 1.165) is 40.6 Å². The van der Waals surface area contributed by atoms with Gasteiger partial charge in [-0.2, -0.15) is 0 Å². The first-order chi connectivity index (χ1) is 16.4. The number of carbonyl (C=O) groups excluding carboxylic acids is 1. The number of hydrogen-bond acceptors (Lipinski definition) is 6. The highest BCUT2D eigenvalue weighted by Gasteiger charge is 2.28. The molecular formula is C27H31N3O3S. The monoisotopic (exact) mass is 477 g/mol. The molecule has 4 rings (SSSR count). The van der Waals surface area contributed by atoms with Gasteiger partial charge in [0, 0.05) is 59.5 Å². The van der Waals surface area contributed by atoms with E-state index in [1.807, 2.05) is 51.2 Å². The maximum absolute atomic E-state index is 13.3. The number of hydrogen-bond donors (Lipinski definition) is 1. The maximum atomic E-state index is 13.3. The number of phenolic OH excluding ortho intramolecular Hbond substituents is 1. The topological polar surface area (TPSA) is 67.6 Å². The van der Waals surface area contributed by atoms with E-state index in [4.69, 9.17) is 4.74 Å². The van der Waals surface area contributed by atoms with Crippen molar-refractivity contribution in [2.24, 2.45) is 7.05 Å². The van der Waals surface area contributed by atoms with Gasteiger partial charge in [-0.1, -0.05) is 24.3 Å². The zero-order valence-electron chi connectivity index (χ0n) is 20.2. The quantitative estimate of drug-likeness (QED) is 0.423. The second kappa shape index (κ2) is 10.5. The fourth-order valence-corrected chi connectivity index (χ4v) is 5.48.